The maximum atomic E-state index is 2.69. The van der Waals surface area contributed by atoms with Crippen molar-refractivity contribution in [3.05, 3.63) is 28.8 Å². The van der Waals surface area contributed by atoms with Gasteiger partial charge in [0, 0.05) is 36.8 Å². The summed E-state index contributed by atoms with van der Waals surface area (Å²) in [5.74, 6) is 3.26. The highest BCUT2D eigenvalue weighted by Crippen LogP contribution is 2.34. The zero-order valence-electron chi connectivity index (χ0n) is 21.5. The third-order valence-electron chi connectivity index (χ3n) is 8.05. The van der Waals surface area contributed by atoms with E-state index in [-0.39, 0.29) is 0 Å². The second kappa shape index (κ2) is 13.2. The standard InChI is InChI=1S/C28H47N3S2/c1-23-21-24(2)28(25(3)22-23)33-31-18-11-26(12-19-31)7-6-20-32-30-16-9-27(10-17-30)8-15-29-13-4-5-14-29/h21-22,26-27H,4-20H2,1-3H3. The molecule has 33 heavy (non-hydrogen) atoms. The van der Waals surface area contributed by atoms with Crippen molar-refractivity contribution in [3.63, 3.8) is 0 Å². The predicted molar refractivity (Wildman–Crippen MR) is 147 cm³/mol. The van der Waals surface area contributed by atoms with Gasteiger partial charge in [-0.05, 0) is 133 Å². The molecule has 5 heteroatoms. The summed E-state index contributed by atoms with van der Waals surface area (Å²) in [7, 11) is 0. The highest BCUT2D eigenvalue weighted by Gasteiger charge is 2.23. The van der Waals surface area contributed by atoms with E-state index in [0.717, 1.165) is 11.8 Å². The average Bonchev–Trinajstić information content (AvgIpc) is 3.33. The number of hydrogen-bond donors (Lipinski definition) is 0. The van der Waals surface area contributed by atoms with Gasteiger partial charge >= 0.3 is 0 Å². The van der Waals surface area contributed by atoms with Crippen LogP contribution in [0.3, 0.4) is 0 Å². The number of benzene rings is 1. The van der Waals surface area contributed by atoms with Gasteiger partial charge in [0.25, 0.3) is 0 Å². The minimum atomic E-state index is 0.944. The van der Waals surface area contributed by atoms with E-state index in [1.165, 1.54) is 131 Å². The average molecular weight is 490 g/mol. The Morgan fingerprint density at radius 2 is 1.33 bits per heavy atom. The molecule has 3 aliphatic heterocycles. The van der Waals surface area contributed by atoms with Crippen molar-refractivity contribution in [2.45, 2.75) is 83.5 Å². The van der Waals surface area contributed by atoms with Crippen LogP contribution < -0.4 is 0 Å². The van der Waals surface area contributed by atoms with Gasteiger partial charge in [0.05, 0.1) is 0 Å². The third-order valence-corrected chi connectivity index (χ3v) is 10.7. The normalized spacial score (nSPS) is 22.4. The fraction of sp³-hybridized carbons (Fsp3) is 0.786. The minimum absolute atomic E-state index is 0.944. The summed E-state index contributed by atoms with van der Waals surface area (Å²) in [6.07, 6.45) is 12.7. The van der Waals surface area contributed by atoms with E-state index in [1.54, 1.807) is 0 Å². The highest BCUT2D eigenvalue weighted by molar-refractivity contribution is 7.97. The van der Waals surface area contributed by atoms with Gasteiger partial charge in [-0.15, -0.1) is 0 Å². The lowest BCUT2D eigenvalue weighted by atomic mass is 9.94. The van der Waals surface area contributed by atoms with Crippen molar-refractivity contribution in [1.82, 2.24) is 13.5 Å². The fourth-order valence-electron chi connectivity index (χ4n) is 5.99. The van der Waals surface area contributed by atoms with Crippen LogP contribution in [0.15, 0.2) is 17.0 Å². The lowest BCUT2D eigenvalue weighted by molar-refractivity contribution is 0.240. The molecule has 0 atom stereocenters. The molecule has 1 aromatic carbocycles. The Hall–Kier alpha value is -0.200. The van der Waals surface area contributed by atoms with Crippen LogP contribution >= 0.6 is 23.9 Å². The molecule has 0 aromatic heterocycles. The largest absolute Gasteiger partial charge is 0.303 e. The van der Waals surface area contributed by atoms with E-state index in [0.29, 0.717) is 0 Å². The number of piperidine rings is 2. The summed E-state index contributed by atoms with van der Waals surface area (Å²) >= 11 is 4.15. The maximum Gasteiger partial charge on any atom is 0.0288 e. The molecule has 0 bridgehead atoms. The maximum absolute atomic E-state index is 2.69. The van der Waals surface area contributed by atoms with Gasteiger partial charge < -0.3 is 4.90 Å². The van der Waals surface area contributed by atoms with E-state index in [4.69, 9.17) is 0 Å². The van der Waals surface area contributed by atoms with Gasteiger partial charge in [-0.3, -0.25) is 4.31 Å². The summed E-state index contributed by atoms with van der Waals surface area (Å²) in [6, 6.07) is 4.66. The van der Waals surface area contributed by atoms with Crippen molar-refractivity contribution in [3.8, 4) is 0 Å². The van der Waals surface area contributed by atoms with Crippen LogP contribution in [-0.2, 0) is 0 Å². The minimum Gasteiger partial charge on any atom is -0.303 e. The molecule has 0 unspecified atom stereocenters. The first kappa shape index (κ1) is 25.9. The van der Waals surface area contributed by atoms with Crippen LogP contribution in [0.5, 0.6) is 0 Å². The first-order valence-corrected chi connectivity index (χ1v) is 15.4. The molecule has 0 aliphatic carbocycles. The zero-order valence-corrected chi connectivity index (χ0v) is 23.1. The van der Waals surface area contributed by atoms with Gasteiger partial charge in [0.2, 0.25) is 0 Å². The SMILES string of the molecule is Cc1cc(C)c(SN2CCC(CCCSN3CCC(CCN4CCCC4)CC3)CC2)c(C)c1. The van der Waals surface area contributed by atoms with Gasteiger partial charge in [-0.25, -0.2) is 4.31 Å². The van der Waals surface area contributed by atoms with E-state index in [2.05, 4.69) is 58.4 Å². The van der Waals surface area contributed by atoms with Crippen molar-refractivity contribution in [2.24, 2.45) is 11.8 Å². The van der Waals surface area contributed by atoms with E-state index in [1.807, 2.05) is 11.9 Å². The van der Waals surface area contributed by atoms with Gasteiger partial charge in [-0.1, -0.05) is 29.6 Å². The van der Waals surface area contributed by atoms with Crippen molar-refractivity contribution in [1.29, 1.82) is 0 Å². The van der Waals surface area contributed by atoms with Crippen molar-refractivity contribution in [2.75, 3.05) is 51.6 Å². The quantitative estimate of drug-likeness (QED) is 0.259. The molecule has 3 aliphatic rings. The summed E-state index contributed by atoms with van der Waals surface area (Å²) < 4.78 is 5.29. The van der Waals surface area contributed by atoms with Gasteiger partial charge in [-0.2, -0.15) is 0 Å². The molecular weight excluding hydrogens is 442 g/mol. The summed E-state index contributed by atoms with van der Waals surface area (Å²) in [5, 5.41) is 0. The number of rotatable bonds is 10. The van der Waals surface area contributed by atoms with Crippen LogP contribution in [0, 0.1) is 32.6 Å². The molecule has 3 saturated heterocycles. The van der Waals surface area contributed by atoms with E-state index >= 15 is 0 Å². The fourth-order valence-corrected chi connectivity index (χ4v) is 8.07. The summed E-state index contributed by atoms with van der Waals surface area (Å²) in [6.45, 7) is 16.0. The van der Waals surface area contributed by atoms with Crippen molar-refractivity contribution < 1.29 is 0 Å². The molecule has 0 spiro atoms. The van der Waals surface area contributed by atoms with Gasteiger partial charge in [0.15, 0.2) is 0 Å². The molecule has 0 amide bonds. The lowest BCUT2D eigenvalue weighted by Gasteiger charge is -2.33. The first-order valence-electron chi connectivity index (χ1n) is 13.7. The van der Waals surface area contributed by atoms with Gasteiger partial charge in [0.1, 0.15) is 0 Å². The summed E-state index contributed by atoms with van der Waals surface area (Å²) in [4.78, 5) is 4.17. The molecule has 3 heterocycles. The Labute approximate surface area is 212 Å². The van der Waals surface area contributed by atoms with Crippen LogP contribution in [-0.4, -0.2) is 65.1 Å². The molecule has 4 rings (SSSR count). The van der Waals surface area contributed by atoms with Crippen LogP contribution in [0.4, 0.5) is 0 Å². The first-order chi connectivity index (χ1) is 16.1. The monoisotopic (exact) mass is 489 g/mol. The molecule has 1 aromatic rings. The third kappa shape index (κ3) is 8.17. The molecule has 3 nitrogen and oxygen atoms in total. The summed E-state index contributed by atoms with van der Waals surface area (Å²) in [5.41, 5.74) is 4.26. The molecule has 0 N–H and O–H groups in total. The second-order valence-electron chi connectivity index (χ2n) is 10.9. The Bertz CT molecular complexity index is 695. The second-order valence-corrected chi connectivity index (χ2v) is 13.2. The molecule has 0 saturated carbocycles. The Kier molecular flexibility index (Phi) is 10.4. The molecule has 0 radical (unpaired) electrons. The lowest BCUT2D eigenvalue weighted by Crippen LogP contribution is -2.31. The highest BCUT2D eigenvalue weighted by atomic mass is 32.2. The Morgan fingerprint density at radius 1 is 0.758 bits per heavy atom. The predicted octanol–water partition coefficient (Wildman–Crippen LogP) is 6.96. The Morgan fingerprint density at radius 3 is 1.97 bits per heavy atom. The Balaban J connectivity index is 1.04. The molecular formula is C28H47N3S2. The van der Waals surface area contributed by atoms with Crippen LogP contribution in [0.2, 0.25) is 0 Å². The number of likely N-dealkylation sites (tertiary alicyclic amines) is 1. The smallest absolute Gasteiger partial charge is 0.0288 e. The molecule has 3 fully saturated rings. The van der Waals surface area contributed by atoms with E-state index in [9.17, 15) is 0 Å². The number of aryl methyl sites for hydroxylation is 3. The topological polar surface area (TPSA) is 9.72 Å². The molecule has 186 valence electrons. The van der Waals surface area contributed by atoms with Crippen LogP contribution in [0.25, 0.3) is 0 Å². The zero-order chi connectivity index (χ0) is 23.0. The van der Waals surface area contributed by atoms with Crippen LogP contribution in [0.1, 0.15) is 74.5 Å². The number of hydrogen-bond acceptors (Lipinski definition) is 5. The van der Waals surface area contributed by atoms with E-state index < -0.39 is 0 Å². The van der Waals surface area contributed by atoms with Crippen molar-refractivity contribution >= 4 is 23.9 Å². The number of nitrogens with zero attached hydrogens (tertiary/aromatic N) is 3.